The van der Waals surface area contributed by atoms with Gasteiger partial charge in [0.1, 0.15) is 17.3 Å². The van der Waals surface area contributed by atoms with Gasteiger partial charge in [0.2, 0.25) is 0 Å². The van der Waals surface area contributed by atoms with E-state index in [4.69, 9.17) is 5.11 Å². The summed E-state index contributed by atoms with van der Waals surface area (Å²) in [5.74, 6) is -2.23. The summed E-state index contributed by atoms with van der Waals surface area (Å²) in [5, 5.41) is 28.9. The van der Waals surface area contributed by atoms with Gasteiger partial charge in [-0.15, -0.1) is 0 Å². The number of pyridine rings is 1. The van der Waals surface area contributed by atoms with Gasteiger partial charge in [-0.1, -0.05) is 42.5 Å². The molecule has 0 aliphatic heterocycles. The first kappa shape index (κ1) is 18.1. The maximum absolute atomic E-state index is 12.3. The molecule has 6 nitrogen and oxygen atoms in total. The zero-order valence-corrected chi connectivity index (χ0v) is 14.3. The van der Waals surface area contributed by atoms with Crippen molar-refractivity contribution in [2.45, 2.75) is 19.3 Å². The number of carboxylic acids is 1. The van der Waals surface area contributed by atoms with E-state index in [9.17, 15) is 20.0 Å². The van der Waals surface area contributed by atoms with Gasteiger partial charge >= 0.3 is 5.97 Å². The monoisotopic (exact) mass is 360 g/mol. The summed E-state index contributed by atoms with van der Waals surface area (Å²) in [6.07, 6.45) is -0.00653. The van der Waals surface area contributed by atoms with E-state index in [2.05, 4.69) is 4.98 Å². The minimum absolute atomic E-state index is 0.0371. The van der Waals surface area contributed by atoms with Crippen molar-refractivity contribution in [2.24, 2.45) is 0 Å². The van der Waals surface area contributed by atoms with E-state index >= 15 is 0 Å². The first-order valence-corrected chi connectivity index (χ1v) is 8.34. The lowest BCUT2D eigenvalue weighted by molar-refractivity contribution is -0.136. The Hall–Kier alpha value is -3.72. The van der Waals surface area contributed by atoms with Crippen LogP contribution in [0.1, 0.15) is 40.0 Å². The Kier molecular flexibility index (Phi) is 5.13. The molecule has 3 rings (SSSR count). The number of hydrogen-bond acceptors (Lipinski definition) is 5. The minimum atomic E-state index is -1.12. The number of aromatic nitrogens is 1. The van der Waals surface area contributed by atoms with Crippen LogP contribution in [0.25, 0.3) is 10.9 Å². The number of benzene rings is 2. The van der Waals surface area contributed by atoms with Gasteiger partial charge in [0.15, 0.2) is 11.5 Å². The minimum Gasteiger partial charge on any atom is -0.504 e. The molecule has 3 aromatic rings. The normalized spacial score (nSPS) is 10.5. The van der Waals surface area contributed by atoms with Gasteiger partial charge in [0.05, 0.1) is 11.9 Å². The predicted octanol–water partition coefficient (Wildman–Crippen LogP) is 3.45. The Balaban J connectivity index is 2.04. The van der Waals surface area contributed by atoms with Gasteiger partial charge in [-0.2, -0.15) is 5.26 Å². The van der Waals surface area contributed by atoms with Crippen LogP contribution in [-0.4, -0.2) is 26.9 Å². The van der Waals surface area contributed by atoms with Crippen LogP contribution in [0.2, 0.25) is 0 Å². The lowest BCUT2D eigenvalue weighted by Gasteiger charge is -2.09. The van der Waals surface area contributed by atoms with E-state index in [0.29, 0.717) is 17.3 Å². The van der Waals surface area contributed by atoms with Crippen LogP contribution >= 0.6 is 0 Å². The van der Waals surface area contributed by atoms with E-state index in [0.717, 1.165) is 11.1 Å². The number of carbonyl (C=O) groups is 2. The van der Waals surface area contributed by atoms with Crippen LogP contribution in [0, 0.1) is 11.3 Å². The Morgan fingerprint density at radius 1 is 1.04 bits per heavy atom. The maximum atomic E-state index is 12.3. The average Bonchev–Trinajstić information content (AvgIpc) is 2.66. The van der Waals surface area contributed by atoms with Crippen LogP contribution in [0.4, 0.5) is 0 Å². The summed E-state index contributed by atoms with van der Waals surface area (Å²) in [6, 6.07) is 17.0. The highest BCUT2D eigenvalue weighted by molar-refractivity contribution is 6.02. The molecule has 0 saturated carbocycles. The first-order chi connectivity index (χ1) is 13.0. The fourth-order valence-corrected chi connectivity index (χ4v) is 2.89. The number of ketones is 1. The van der Waals surface area contributed by atoms with Crippen molar-refractivity contribution < 1.29 is 19.8 Å². The molecule has 0 radical (unpaired) electrons. The Labute approximate surface area is 155 Å². The Morgan fingerprint density at radius 3 is 2.44 bits per heavy atom. The quantitative estimate of drug-likeness (QED) is 0.651. The van der Waals surface area contributed by atoms with Crippen molar-refractivity contribution in [3.63, 3.8) is 0 Å². The van der Waals surface area contributed by atoms with Crippen LogP contribution in [-0.2, 0) is 11.2 Å². The highest BCUT2D eigenvalue weighted by Gasteiger charge is 2.20. The summed E-state index contributed by atoms with van der Waals surface area (Å²) < 4.78 is 0. The van der Waals surface area contributed by atoms with Gasteiger partial charge in [0, 0.05) is 11.8 Å². The SMILES string of the molecule is N#Cc1c(O)c(C(=O)CCC(=O)O)nc2cc(Cc3ccccc3)ccc12. The van der Waals surface area contributed by atoms with E-state index in [1.807, 2.05) is 42.5 Å². The molecule has 0 amide bonds. The number of fused-ring (bicyclic) bond motifs is 1. The van der Waals surface area contributed by atoms with Crippen molar-refractivity contribution in [1.29, 1.82) is 5.26 Å². The molecule has 1 aromatic heterocycles. The smallest absolute Gasteiger partial charge is 0.303 e. The van der Waals surface area contributed by atoms with Gasteiger partial charge in [0.25, 0.3) is 0 Å². The second-order valence-corrected chi connectivity index (χ2v) is 6.13. The number of nitriles is 1. The van der Waals surface area contributed by atoms with Crippen molar-refractivity contribution in [3.8, 4) is 11.8 Å². The number of carboxylic acid groups (broad SMARTS) is 1. The highest BCUT2D eigenvalue weighted by atomic mass is 16.4. The number of rotatable bonds is 6. The van der Waals surface area contributed by atoms with Crippen molar-refractivity contribution in [2.75, 3.05) is 0 Å². The lowest BCUT2D eigenvalue weighted by atomic mass is 9.99. The van der Waals surface area contributed by atoms with Gasteiger partial charge in [-0.05, 0) is 23.6 Å². The van der Waals surface area contributed by atoms with Crippen molar-refractivity contribution >= 4 is 22.7 Å². The molecular formula is C21H16N2O4. The number of nitrogens with zero attached hydrogens (tertiary/aromatic N) is 2. The first-order valence-electron chi connectivity index (χ1n) is 8.34. The summed E-state index contributed by atoms with van der Waals surface area (Å²) >= 11 is 0. The summed E-state index contributed by atoms with van der Waals surface area (Å²) in [7, 11) is 0. The summed E-state index contributed by atoms with van der Waals surface area (Å²) in [4.78, 5) is 27.2. The molecule has 0 spiro atoms. The van der Waals surface area contributed by atoms with E-state index in [1.165, 1.54) is 0 Å². The van der Waals surface area contributed by atoms with E-state index < -0.39 is 17.5 Å². The molecule has 0 bridgehead atoms. The standard InChI is InChI=1S/C21H16N2O4/c22-12-16-15-7-6-14(10-13-4-2-1-3-5-13)11-17(15)23-20(21(16)27)18(24)8-9-19(25)26/h1-7,11,27H,8-10H2,(H,25,26). The number of aromatic hydroxyl groups is 1. The zero-order valence-electron chi connectivity index (χ0n) is 14.3. The Morgan fingerprint density at radius 2 is 1.78 bits per heavy atom. The fourth-order valence-electron chi connectivity index (χ4n) is 2.89. The zero-order chi connectivity index (χ0) is 19.4. The fraction of sp³-hybridized carbons (Fsp3) is 0.143. The van der Waals surface area contributed by atoms with E-state index in [-0.39, 0.29) is 24.1 Å². The number of hydrogen-bond donors (Lipinski definition) is 2. The molecule has 6 heteroatoms. The molecule has 0 unspecified atom stereocenters. The summed E-state index contributed by atoms with van der Waals surface area (Å²) in [6.45, 7) is 0. The van der Waals surface area contributed by atoms with Crippen LogP contribution in [0.5, 0.6) is 5.75 Å². The van der Waals surface area contributed by atoms with E-state index in [1.54, 1.807) is 12.1 Å². The molecule has 1 heterocycles. The number of Topliss-reactive ketones (excluding diaryl/α,β-unsaturated/α-hetero) is 1. The largest absolute Gasteiger partial charge is 0.504 e. The molecule has 0 fully saturated rings. The third kappa shape index (κ3) is 3.93. The second kappa shape index (κ2) is 7.67. The van der Waals surface area contributed by atoms with Crippen LogP contribution in [0.3, 0.4) is 0 Å². The topological polar surface area (TPSA) is 111 Å². The maximum Gasteiger partial charge on any atom is 0.303 e. The molecule has 0 aliphatic rings. The van der Waals surface area contributed by atoms with Gasteiger partial charge in [-0.25, -0.2) is 4.98 Å². The second-order valence-electron chi connectivity index (χ2n) is 6.13. The average molecular weight is 360 g/mol. The van der Waals surface area contributed by atoms with Gasteiger partial charge < -0.3 is 10.2 Å². The van der Waals surface area contributed by atoms with Crippen LogP contribution in [0.15, 0.2) is 48.5 Å². The lowest BCUT2D eigenvalue weighted by Crippen LogP contribution is -2.07. The molecule has 134 valence electrons. The van der Waals surface area contributed by atoms with Gasteiger partial charge in [-0.3, -0.25) is 9.59 Å². The van der Waals surface area contributed by atoms with Crippen LogP contribution < -0.4 is 0 Å². The molecule has 0 atom stereocenters. The molecule has 2 aromatic carbocycles. The third-order valence-electron chi connectivity index (χ3n) is 4.22. The predicted molar refractivity (Wildman–Crippen MR) is 98.6 cm³/mol. The molecule has 2 N–H and O–H groups in total. The molecule has 0 saturated heterocycles. The number of carbonyl (C=O) groups excluding carboxylic acids is 1. The highest BCUT2D eigenvalue weighted by Crippen LogP contribution is 2.30. The molecular weight excluding hydrogens is 344 g/mol. The Bertz CT molecular complexity index is 1070. The van der Waals surface area contributed by atoms with Crippen molar-refractivity contribution in [3.05, 3.63) is 70.9 Å². The summed E-state index contributed by atoms with van der Waals surface area (Å²) in [5.41, 5.74) is 2.16. The molecule has 27 heavy (non-hydrogen) atoms. The molecule has 0 aliphatic carbocycles. The third-order valence-corrected chi connectivity index (χ3v) is 4.22. The number of aliphatic carboxylic acids is 1. The van der Waals surface area contributed by atoms with Crippen molar-refractivity contribution in [1.82, 2.24) is 4.98 Å².